The Bertz CT molecular complexity index is 1030. The van der Waals surface area contributed by atoms with Gasteiger partial charge in [-0.3, -0.25) is 9.78 Å². The van der Waals surface area contributed by atoms with Crippen molar-refractivity contribution in [3.63, 3.8) is 0 Å². The van der Waals surface area contributed by atoms with Crippen molar-refractivity contribution in [2.45, 2.75) is 52.5 Å². The largest absolute Gasteiger partial charge is 0.478 e. The number of unbranched alkanes of at least 4 members (excludes halogenated alkanes) is 1. The number of nitrogens with zero attached hydrogens (tertiary/aromatic N) is 4. The summed E-state index contributed by atoms with van der Waals surface area (Å²) in [6.45, 7) is 4.81. The molecule has 2 heterocycles. The summed E-state index contributed by atoms with van der Waals surface area (Å²) in [7, 11) is 0. The fourth-order valence-corrected chi connectivity index (χ4v) is 3.22. The van der Waals surface area contributed by atoms with E-state index in [4.69, 9.17) is 0 Å². The monoisotopic (exact) mass is 406 g/mol. The first-order valence-electron chi connectivity index (χ1n) is 10.3. The maximum atomic E-state index is 12.2. The fourth-order valence-electron chi connectivity index (χ4n) is 3.22. The molecule has 0 fully saturated rings. The van der Waals surface area contributed by atoms with Crippen LogP contribution in [0.4, 0.5) is 0 Å². The minimum atomic E-state index is -1.00. The van der Waals surface area contributed by atoms with Crippen LogP contribution in [0, 0.1) is 0 Å². The summed E-state index contributed by atoms with van der Waals surface area (Å²) in [5.41, 5.74) is 2.35. The molecular formula is C23H26N4O3. The van der Waals surface area contributed by atoms with Gasteiger partial charge in [0, 0.05) is 31.1 Å². The predicted octanol–water partition coefficient (Wildman–Crippen LogP) is 4.41. The number of aromatic nitrogens is 4. The molecule has 0 saturated heterocycles. The smallest absolute Gasteiger partial charge is 0.337 e. The maximum Gasteiger partial charge on any atom is 0.337 e. The predicted molar refractivity (Wildman–Crippen MR) is 114 cm³/mol. The average molecular weight is 406 g/mol. The summed E-state index contributed by atoms with van der Waals surface area (Å²) in [6.07, 6.45) is 5.34. The number of carboxylic acids is 1. The Kier molecular flexibility index (Phi) is 7.06. The van der Waals surface area contributed by atoms with E-state index in [2.05, 4.69) is 22.0 Å². The van der Waals surface area contributed by atoms with Crippen molar-refractivity contribution in [3.8, 4) is 11.3 Å². The van der Waals surface area contributed by atoms with Crippen LogP contribution < -0.4 is 0 Å². The Labute approximate surface area is 175 Å². The molecule has 0 bridgehead atoms. The Morgan fingerprint density at radius 2 is 1.83 bits per heavy atom. The van der Waals surface area contributed by atoms with Gasteiger partial charge in [-0.25, -0.2) is 14.5 Å². The Hall–Kier alpha value is -3.35. The van der Waals surface area contributed by atoms with Gasteiger partial charge in [-0.2, -0.15) is 0 Å². The topological polar surface area (TPSA) is 98.0 Å². The Morgan fingerprint density at radius 3 is 2.50 bits per heavy atom. The van der Waals surface area contributed by atoms with Crippen LogP contribution in [-0.2, 0) is 13.0 Å². The first-order chi connectivity index (χ1) is 14.5. The number of Topliss-reactive ketones (excluding diaryl/α,β-unsaturated/α-hetero) is 1. The van der Waals surface area contributed by atoms with E-state index < -0.39 is 5.97 Å². The third-order valence-corrected chi connectivity index (χ3v) is 4.83. The second-order valence-corrected chi connectivity index (χ2v) is 7.18. The molecule has 156 valence electrons. The van der Waals surface area contributed by atoms with E-state index in [0.717, 1.165) is 42.8 Å². The van der Waals surface area contributed by atoms with Crippen molar-refractivity contribution >= 4 is 11.8 Å². The first kappa shape index (κ1) is 21.4. The lowest BCUT2D eigenvalue weighted by molar-refractivity contribution is 0.0697. The number of pyridine rings is 1. The van der Waals surface area contributed by atoms with Gasteiger partial charge in [-0.05, 0) is 30.5 Å². The van der Waals surface area contributed by atoms with Gasteiger partial charge in [-0.1, -0.05) is 44.5 Å². The summed E-state index contributed by atoms with van der Waals surface area (Å²) < 4.78 is 1.83. The van der Waals surface area contributed by atoms with Crippen molar-refractivity contribution in [2.24, 2.45) is 0 Å². The highest BCUT2D eigenvalue weighted by molar-refractivity contribution is 5.94. The second kappa shape index (κ2) is 9.91. The quantitative estimate of drug-likeness (QED) is 0.501. The summed E-state index contributed by atoms with van der Waals surface area (Å²) in [4.78, 5) is 32.4. The average Bonchev–Trinajstić information content (AvgIpc) is 3.15. The number of aromatic carboxylic acids is 1. The number of hydrogen-bond acceptors (Lipinski definition) is 5. The molecule has 0 aliphatic rings. The minimum Gasteiger partial charge on any atom is -0.478 e. The van der Waals surface area contributed by atoms with E-state index in [-0.39, 0.29) is 11.3 Å². The second-order valence-electron chi connectivity index (χ2n) is 7.18. The third kappa shape index (κ3) is 4.97. The molecule has 0 aliphatic heterocycles. The number of carbonyl (C=O) groups excluding carboxylic acids is 1. The zero-order valence-electron chi connectivity index (χ0n) is 17.3. The molecule has 1 N–H and O–H groups in total. The van der Waals surface area contributed by atoms with Crippen LogP contribution in [0.25, 0.3) is 11.3 Å². The molecule has 0 spiro atoms. The summed E-state index contributed by atoms with van der Waals surface area (Å²) in [6, 6.07) is 10.7. The Morgan fingerprint density at radius 1 is 1.07 bits per heavy atom. The molecule has 7 nitrogen and oxygen atoms in total. The standard InChI is InChI=1S/C23H26N4O3/c1-3-5-14-27-20(25-22(26-27)19(28)7-4-2)15-16-9-11-17(12-10-16)21-18(23(29)30)8-6-13-24-21/h6,8-13H,3-5,7,14-15H2,1-2H3,(H,29,30). The van der Waals surface area contributed by atoms with Gasteiger partial charge >= 0.3 is 5.97 Å². The molecule has 0 saturated carbocycles. The molecule has 0 aliphatic carbocycles. The minimum absolute atomic E-state index is 0.0271. The van der Waals surface area contributed by atoms with Crippen LogP contribution in [0.2, 0.25) is 0 Å². The van der Waals surface area contributed by atoms with Crippen LogP contribution in [0.15, 0.2) is 42.6 Å². The van der Waals surface area contributed by atoms with Crippen molar-refractivity contribution < 1.29 is 14.7 Å². The molecular weight excluding hydrogens is 380 g/mol. The molecule has 0 atom stereocenters. The molecule has 3 rings (SSSR count). The van der Waals surface area contributed by atoms with E-state index in [1.807, 2.05) is 35.9 Å². The van der Waals surface area contributed by atoms with Crippen molar-refractivity contribution in [2.75, 3.05) is 0 Å². The zero-order chi connectivity index (χ0) is 21.5. The molecule has 1 aromatic carbocycles. The van der Waals surface area contributed by atoms with E-state index in [0.29, 0.717) is 24.4 Å². The molecule has 2 aromatic heterocycles. The normalized spacial score (nSPS) is 10.9. The highest BCUT2D eigenvalue weighted by Gasteiger charge is 2.17. The maximum absolute atomic E-state index is 12.2. The molecule has 3 aromatic rings. The Balaban J connectivity index is 1.84. The molecule has 0 unspecified atom stereocenters. The van der Waals surface area contributed by atoms with Crippen molar-refractivity contribution in [3.05, 3.63) is 65.4 Å². The number of rotatable bonds is 10. The van der Waals surface area contributed by atoms with E-state index in [1.54, 1.807) is 18.3 Å². The van der Waals surface area contributed by atoms with Gasteiger partial charge in [0.1, 0.15) is 5.82 Å². The lowest BCUT2D eigenvalue weighted by atomic mass is 10.0. The van der Waals surface area contributed by atoms with E-state index >= 15 is 0 Å². The SMILES string of the molecule is CCCCn1nc(C(=O)CCC)nc1Cc1ccc(-c2ncccc2C(=O)O)cc1. The van der Waals surface area contributed by atoms with Gasteiger partial charge in [0.05, 0.1) is 11.3 Å². The summed E-state index contributed by atoms with van der Waals surface area (Å²) >= 11 is 0. The molecule has 30 heavy (non-hydrogen) atoms. The number of carbonyl (C=O) groups is 2. The van der Waals surface area contributed by atoms with Crippen LogP contribution in [0.1, 0.15) is 71.9 Å². The number of hydrogen-bond donors (Lipinski definition) is 1. The molecule has 0 amide bonds. The highest BCUT2D eigenvalue weighted by atomic mass is 16.4. The third-order valence-electron chi connectivity index (χ3n) is 4.83. The zero-order valence-corrected chi connectivity index (χ0v) is 17.3. The van der Waals surface area contributed by atoms with Gasteiger partial charge in [0.25, 0.3) is 0 Å². The number of aryl methyl sites for hydroxylation is 1. The number of benzene rings is 1. The number of carboxylic acid groups (broad SMARTS) is 1. The number of ketones is 1. The van der Waals surface area contributed by atoms with Crippen molar-refractivity contribution in [1.29, 1.82) is 0 Å². The lowest BCUT2D eigenvalue weighted by Crippen LogP contribution is -2.07. The van der Waals surface area contributed by atoms with Gasteiger partial charge in [-0.15, -0.1) is 5.10 Å². The van der Waals surface area contributed by atoms with Gasteiger partial charge in [0.2, 0.25) is 11.6 Å². The summed E-state index contributed by atoms with van der Waals surface area (Å²) in [5.74, 6) is 0.0232. The van der Waals surface area contributed by atoms with E-state index in [9.17, 15) is 14.7 Å². The first-order valence-corrected chi connectivity index (χ1v) is 10.3. The van der Waals surface area contributed by atoms with Crippen LogP contribution >= 0.6 is 0 Å². The van der Waals surface area contributed by atoms with Gasteiger partial charge in [0.15, 0.2) is 0 Å². The van der Waals surface area contributed by atoms with E-state index in [1.165, 1.54) is 0 Å². The highest BCUT2D eigenvalue weighted by Crippen LogP contribution is 2.22. The van der Waals surface area contributed by atoms with Crippen LogP contribution in [0.3, 0.4) is 0 Å². The van der Waals surface area contributed by atoms with Gasteiger partial charge < -0.3 is 5.11 Å². The molecule has 7 heteroatoms. The van der Waals surface area contributed by atoms with Crippen molar-refractivity contribution in [1.82, 2.24) is 19.7 Å². The van der Waals surface area contributed by atoms with Crippen LogP contribution in [-0.4, -0.2) is 36.6 Å². The lowest BCUT2D eigenvalue weighted by Gasteiger charge is -2.07. The fraction of sp³-hybridized carbons (Fsp3) is 0.348. The molecule has 0 radical (unpaired) electrons. The summed E-state index contributed by atoms with van der Waals surface area (Å²) in [5, 5.41) is 13.8. The van der Waals surface area contributed by atoms with Crippen LogP contribution in [0.5, 0.6) is 0 Å².